The van der Waals surface area contributed by atoms with Crippen LogP contribution in [0.5, 0.6) is 0 Å². The summed E-state index contributed by atoms with van der Waals surface area (Å²) < 4.78 is 0. The largest absolute Gasteiger partial charge is 0.305 e. The van der Waals surface area contributed by atoms with Gasteiger partial charge >= 0.3 is 0 Å². The van der Waals surface area contributed by atoms with Crippen LogP contribution in [-0.4, -0.2) is 12.0 Å². The van der Waals surface area contributed by atoms with Gasteiger partial charge in [-0.15, -0.1) is 0 Å². The van der Waals surface area contributed by atoms with Gasteiger partial charge in [0.1, 0.15) is 0 Å². The molecular weight excluding hydrogens is 126 g/mol. The minimum Gasteiger partial charge on any atom is -0.305 e. The summed E-state index contributed by atoms with van der Waals surface area (Å²) in [5.74, 6) is -0.0995. The van der Waals surface area contributed by atoms with E-state index >= 15 is 0 Å². The summed E-state index contributed by atoms with van der Waals surface area (Å²) in [4.78, 5) is 10.5. The lowest BCUT2D eigenvalue weighted by Gasteiger charge is -1.89. The van der Waals surface area contributed by atoms with Crippen LogP contribution in [0, 0.1) is 5.41 Å². The quantitative estimate of drug-likeness (QED) is 0.469. The maximum Gasteiger partial charge on any atom is 0.173 e. The number of carbonyl (C=O) groups is 1. The van der Waals surface area contributed by atoms with Crippen molar-refractivity contribution in [3.63, 3.8) is 0 Å². The minimum atomic E-state index is -0.0995. The van der Waals surface area contributed by atoms with E-state index in [1.54, 1.807) is 0 Å². The lowest BCUT2D eigenvalue weighted by Crippen LogP contribution is -1.95. The number of hydrogen-bond acceptors (Lipinski definition) is 2. The molecule has 0 fully saturated rings. The molecule has 2 nitrogen and oxygen atoms in total. The molecule has 0 aliphatic rings. The van der Waals surface area contributed by atoms with Crippen molar-refractivity contribution >= 4 is 12.0 Å². The van der Waals surface area contributed by atoms with Crippen LogP contribution in [0.2, 0.25) is 0 Å². The second-order valence-corrected chi connectivity index (χ2v) is 2.43. The van der Waals surface area contributed by atoms with E-state index in [4.69, 9.17) is 5.41 Å². The van der Waals surface area contributed by atoms with Crippen molar-refractivity contribution in [3.05, 3.63) is 11.6 Å². The first-order valence-corrected chi connectivity index (χ1v) is 3.33. The summed E-state index contributed by atoms with van der Waals surface area (Å²) in [6, 6.07) is 0. The van der Waals surface area contributed by atoms with Gasteiger partial charge in [-0.3, -0.25) is 4.79 Å². The Morgan fingerprint density at radius 1 is 1.50 bits per heavy atom. The predicted octanol–water partition coefficient (Wildman–Crippen LogP) is 1.95. The molecule has 0 radical (unpaired) electrons. The van der Waals surface area contributed by atoms with Gasteiger partial charge in [0.2, 0.25) is 0 Å². The Kier molecular flexibility index (Phi) is 4.46. The molecule has 2 heteroatoms. The second kappa shape index (κ2) is 4.91. The third-order valence-corrected chi connectivity index (χ3v) is 1.10. The van der Waals surface area contributed by atoms with Crippen molar-refractivity contribution in [2.45, 2.75) is 26.7 Å². The summed E-state index contributed by atoms with van der Waals surface area (Å²) >= 11 is 0. The molecule has 0 aromatic carbocycles. The van der Waals surface area contributed by atoms with E-state index in [9.17, 15) is 4.79 Å². The zero-order valence-electron chi connectivity index (χ0n) is 6.48. The summed E-state index contributed by atoms with van der Waals surface area (Å²) in [7, 11) is 0. The molecule has 0 amide bonds. The highest BCUT2D eigenvalue weighted by molar-refractivity contribution is 6.26. The fourth-order valence-electron chi connectivity index (χ4n) is 0.575. The molecule has 0 bridgehead atoms. The third-order valence-electron chi connectivity index (χ3n) is 1.10. The molecule has 0 atom stereocenters. The molecular formula is C8H13NO. The molecule has 0 aliphatic carbocycles. The van der Waals surface area contributed by atoms with Crippen LogP contribution in [-0.2, 0) is 4.79 Å². The van der Waals surface area contributed by atoms with Gasteiger partial charge < -0.3 is 5.41 Å². The maximum atomic E-state index is 10.5. The molecule has 56 valence electrons. The van der Waals surface area contributed by atoms with Crippen molar-refractivity contribution in [3.8, 4) is 0 Å². The van der Waals surface area contributed by atoms with E-state index < -0.39 is 0 Å². The number of Topliss-reactive ketones (excluding diaryl/α,β-unsaturated/α-hetero) is 1. The number of ketones is 1. The Hall–Kier alpha value is -0.920. The molecule has 0 saturated heterocycles. The van der Waals surface area contributed by atoms with Crippen LogP contribution in [0.4, 0.5) is 0 Å². The molecule has 10 heavy (non-hydrogen) atoms. The third kappa shape index (κ3) is 5.22. The molecule has 0 aromatic heterocycles. The predicted molar refractivity (Wildman–Crippen MR) is 42.5 cm³/mol. The van der Waals surface area contributed by atoms with E-state index in [1.807, 2.05) is 19.9 Å². The molecule has 0 heterocycles. The van der Waals surface area contributed by atoms with E-state index in [2.05, 4.69) is 0 Å². The summed E-state index contributed by atoms with van der Waals surface area (Å²) in [6.07, 6.45) is 4.10. The summed E-state index contributed by atoms with van der Waals surface area (Å²) in [6.45, 7) is 3.99. The molecule has 0 aliphatic heterocycles. The van der Waals surface area contributed by atoms with E-state index in [-0.39, 0.29) is 5.78 Å². The monoisotopic (exact) mass is 139 g/mol. The summed E-state index contributed by atoms with van der Waals surface area (Å²) in [5.41, 5.74) is 1.22. The highest BCUT2D eigenvalue weighted by Gasteiger charge is 1.92. The molecule has 0 spiro atoms. The fraction of sp³-hybridized carbons (Fsp3) is 0.500. The van der Waals surface area contributed by atoms with Crippen LogP contribution >= 0.6 is 0 Å². The van der Waals surface area contributed by atoms with Crippen LogP contribution in [0.25, 0.3) is 0 Å². The topological polar surface area (TPSA) is 40.9 Å². The van der Waals surface area contributed by atoms with E-state index in [0.29, 0.717) is 6.42 Å². The van der Waals surface area contributed by atoms with Crippen LogP contribution in [0.15, 0.2) is 11.6 Å². The zero-order valence-corrected chi connectivity index (χ0v) is 6.48. The van der Waals surface area contributed by atoms with Gasteiger partial charge in [0.15, 0.2) is 5.78 Å². The second-order valence-electron chi connectivity index (χ2n) is 2.43. The first-order chi connectivity index (χ1) is 4.66. The Balaban J connectivity index is 3.46. The number of rotatable bonds is 4. The SMILES string of the molecule is CC(C)=CCCC(=O)C=N. The fourth-order valence-corrected chi connectivity index (χ4v) is 0.575. The van der Waals surface area contributed by atoms with Crippen LogP contribution < -0.4 is 0 Å². The molecule has 0 rings (SSSR count). The van der Waals surface area contributed by atoms with Crippen LogP contribution in [0.1, 0.15) is 26.7 Å². The number of allylic oxidation sites excluding steroid dienone is 2. The van der Waals surface area contributed by atoms with Gasteiger partial charge in [-0.1, -0.05) is 11.6 Å². The van der Waals surface area contributed by atoms with Crippen molar-refractivity contribution in [1.82, 2.24) is 0 Å². The molecule has 1 N–H and O–H groups in total. The molecule has 0 aromatic rings. The van der Waals surface area contributed by atoms with E-state index in [0.717, 1.165) is 12.6 Å². The number of hydrogen-bond donors (Lipinski definition) is 1. The highest BCUT2D eigenvalue weighted by atomic mass is 16.1. The van der Waals surface area contributed by atoms with Crippen molar-refractivity contribution in [1.29, 1.82) is 5.41 Å². The van der Waals surface area contributed by atoms with Crippen molar-refractivity contribution in [2.75, 3.05) is 0 Å². The van der Waals surface area contributed by atoms with Crippen molar-refractivity contribution < 1.29 is 4.79 Å². The number of carbonyl (C=O) groups excluding carboxylic acids is 1. The van der Waals surface area contributed by atoms with Crippen LogP contribution in [0.3, 0.4) is 0 Å². The highest BCUT2D eigenvalue weighted by Crippen LogP contribution is 1.96. The van der Waals surface area contributed by atoms with Crippen molar-refractivity contribution in [2.24, 2.45) is 0 Å². The maximum absolute atomic E-state index is 10.5. The average molecular weight is 139 g/mol. The lowest BCUT2D eigenvalue weighted by atomic mass is 10.2. The first kappa shape index (κ1) is 9.08. The van der Waals surface area contributed by atoms with Gasteiger partial charge in [0.25, 0.3) is 0 Å². The lowest BCUT2D eigenvalue weighted by molar-refractivity contribution is -0.112. The van der Waals surface area contributed by atoms with Gasteiger partial charge in [0, 0.05) is 6.42 Å². The molecule has 0 saturated carbocycles. The van der Waals surface area contributed by atoms with Gasteiger partial charge in [0.05, 0.1) is 6.21 Å². The smallest absolute Gasteiger partial charge is 0.173 e. The normalized spacial score (nSPS) is 8.60. The Bertz CT molecular complexity index is 155. The van der Waals surface area contributed by atoms with Gasteiger partial charge in [-0.2, -0.15) is 0 Å². The molecule has 0 unspecified atom stereocenters. The summed E-state index contributed by atoms with van der Waals surface area (Å²) in [5, 5.41) is 6.60. The van der Waals surface area contributed by atoms with E-state index in [1.165, 1.54) is 5.57 Å². The zero-order chi connectivity index (χ0) is 7.98. The Morgan fingerprint density at radius 2 is 2.10 bits per heavy atom. The van der Waals surface area contributed by atoms with Gasteiger partial charge in [-0.05, 0) is 20.3 Å². The standard InChI is InChI=1S/C8H13NO/c1-7(2)4-3-5-8(10)6-9/h4,6,9H,3,5H2,1-2H3. The Morgan fingerprint density at radius 3 is 2.50 bits per heavy atom. The average Bonchev–Trinajstić information content (AvgIpc) is 1.87. The first-order valence-electron chi connectivity index (χ1n) is 3.33. The Labute approximate surface area is 61.5 Å². The minimum absolute atomic E-state index is 0.0995. The number of nitrogens with one attached hydrogen (secondary N) is 1. The van der Waals surface area contributed by atoms with Gasteiger partial charge in [-0.25, -0.2) is 0 Å².